The number of pyridine rings is 1. The first kappa shape index (κ1) is 11.7. The van der Waals surface area contributed by atoms with Crippen LogP contribution in [0.3, 0.4) is 0 Å². The van der Waals surface area contributed by atoms with Gasteiger partial charge in [-0.15, -0.1) is 0 Å². The lowest BCUT2D eigenvalue weighted by Crippen LogP contribution is -2.22. The van der Waals surface area contributed by atoms with Crippen molar-refractivity contribution in [2.75, 3.05) is 0 Å². The second-order valence-electron chi connectivity index (χ2n) is 4.16. The number of aromatic nitrogens is 1. The number of hydrogen-bond acceptors (Lipinski definition) is 2. The molecule has 1 aromatic rings. The molecule has 0 aromatic carbocycles. The third-order valence-electron chi connectivity index (χ3n) is 2.65. The van der Waals surface area contributed by atoms with Gasteiger partial charge in [0.15, 0.2) is 0 Å². The zero-order chi connectivity index (χ0) is 11.4. The Balaban J connectivity index is 2.84. The summed E-state index contributed by atoms with van der Waals surface area (Å²) in [6.45, 7) is 5.82. The van der Waals surface area contributed by atoms with E-state index >= 15 is 0 Å². The SMILES string of the molecule is Cc1cccnc1CC(C(=O)O)C(C)C. The zero-order valence-electron chi connectivity index (χ0n) is 9.40. The van der Waals surface area contributed by atoms with Crippen LogP contribution in [0.1, 0.15) is 25.1 Å². The van der Waals surface area contributed by atoms with Crippen molar-refractivity contribution in [1.82, 2.24) is 4.98 Å². The predicted octanol–water partition coefficient (Wildman–Crippen LogP) is 2.29. The lowest BCUT2D eigenvalue weighted by Gasteiger charge is -2.16. The molecule has 0 bridgehead atoms. The quantitative estimate of drug-likeness (QED) is 0.824. The van der Waals surface area contributed by atoms with Gasteiger partial charge in [-0.05, 0) is 24.5 Å². The second kappa shape index (κ2) is 4.91. The number of hydrogen-bond donors (Lipinski definition) is 1. The smallest absolute Gasteiger partial charge is 0.307 e. The van der Waals surface area contributed by atoms with Crippen LogP contribution in [0.2, 0.25) is 0 Å². The highest BCUT2D eigenvalue weighted by molar-refractivity contribution is 5.70. The molecule has 0 aliphatic rings. The standard InChI is InChI=1S/C12H17NO2/c1-8(2)10(12(14)15)7-11-9(3)5-4-6-13-11/h4-6,8,10H,7H2,1-3H3,(H,14,15). The minimum atomic E-state index is -0.741. The number of rotatable bonds is 4. The summed E-state index contributed by atoms with van der Waals surface area (Å²) in [5.74, 6) is -0.961. The molecule has 82 valence electrons. The van der Waals surface area contributed by atoms with Crippen molar-refractivity contribution in [1.29, 1.82) is 0 Å². The Kier molecular flexibility index (Phi) is 3.83. The molecule has 1 atom stereocenters. The van der Waals surface area contributed by atoms with Crippen molar-refractivity contribution >= 4 is 5.97 Å². The molecule has 3 nitrogen and oxygen atoms in total. The highest BCUT2D eigenvalue weighted by atomic mass is 16.4. The first-order chi connectivity index (χ1) is 7.02. The molecule has 0 fully saturated rings. The van der Waals surface area contributed by atoms with Gasteiger partial charge in [0.05, 0.1) is 5.92 Å². The van der Waals surface area contributed by atoms with Crippen LogP contribution in [0.15, 0.2) is 18.3 Å². The first-order valence-electron chi connectivity index (χ1n) is 5.15. The average molecular weight is 207 g/mol. The zero-order valence-corrected chi connectivity index (χ0v) is 9.40. The molecule has 0 saturated heterocycles. The average Bonchev–Trinajstić information content (AvgIpc) is 2.15. The normalized spacial score (nSPS) is 12.8. The van der Waals surface area contributed by atoms with Gasteiger partial charge in [-0.3, -0.25) is 9.78 Å². The Morgan fingerprint density at radius 3 is 2.67 bits per heavy atom. The van der Waals surface area contributed by atoms with Crippen LogP contribution in [0.25, 0.3) is 0 Å². The molecule has 1 heterocycles. The van der Waals surface area contributed by atoms with Crippen molar-refractivity contribution in [3.05, 3.63) is 29.6 Å². The van der Waals surface area contributed by atoms with E-state index in [2.05, 4.69) is 4.98 Å². The van der Waals surface area contributed by atoms with Crippen molar-refractivity contribution in [2.45, 2.75) is 27.2 Å². The van der Waals surface area contributed by atoms with E-state index in [4.69, 9.17) is 5.11 Å². The monoisotopic (exact) mass is 207 g/mol. The molecule has 1 N–H and O–H groups in total. The molecular weight excluding hydrogens is 190 g/mol. The Morgan fingerprint density at radius 1 is 1.53 bits per heavy atom. The number of aliphatic carboxylic acids is 1. The molecule has 0 radical (unpaired) electrons. The van der Waals surface area contributed by atoms with Gasteiger partial charge < -0.3 is 5.11 Å². The largest absolute Gasteiger partial charge is 0.481 e. The third-order valence-corrected chi connectivity index (χ3v) is 2.65. The summed E-state index contributed by atoms with van der Waals surface area (Å²) in [7, 11) is 0. The van der Waals surface area contributed by atoms with E-state index < -0.39 is 5.97 Å². The maximum atomic E-state index is 11.0. The fourth-order valence-electron chi connectivity index (χ4n) is 1.55. The van der Waals surface area contributed by atoms with Gasteiger partial charge in [0, 0.05) is 18.3 Å². The number of aryl methyl sites for hydroxylation is 1. The summed E-state index contributed by atoms with van der Waals surface area (Å²) in [6.07, 6.45) is 2.22. The molecule has 0 aliphatic carbocycles. The van der Waals surface area contributed by atoms with Crippen LogP contribution < -0.4 is 0 Å². The number of carboxylic acids is 1. The molecule has 1 aromatic heterocycles. The van der Waals surface area contributed by atoms with Crippen LogP contribution >= 0.6 is 0 Å². The van der Waals surface area contributed by atoms with Gasteiger partial charge in [0.1, 0.15) is 0 Å². The Bertz CT molecular complexity index is 347. The van der Waals surface area contributed by atoms with Gasteiger partial charge in [0.2, 0.25) is 0 Å². The van der Waals surface area contributed by atoms with Crippen LogP contribution in [-0.4, -0.2) is 16.1 Å². The van der Waals surface area contributed by atoms with E-state index in [1.54, 1.807) is 6.20 Å². The molecule has 1 rings (SSSR count). The van der Waals surface area contributed by atoms with E-state index in [0.29, 0.717) is 6.42 Å². The van der Waals surface area contributed by atoms with Crippen molar-refractivity contribution in [3.8, 4) is 0 Å². The highest BCUT2D eigenvalue weighted by Gasteiger charge is 2.22. The minimum absolute atomic E-state index is 0.129. The van der Waals surface area contributed by atoms with Crippen molar-refractivity contribution in [3.63, 3.8) is 0 Å². The van der Waals surface area contributed by atoms with Gasteiger partial charge in [-0.25, -0.2) is 0 Å². The molecular formula is C12H17NO2. The number of nitrogens with zero attached hydrogens (tertiary/aromatic N) is 1. The lowest BCUT2D eigenvalue weighted by molar-refractivity contribution is -0.143. The second-order valence-corrected chi connectivity index (χ2v) is 4.16. The molecule has 0 amide bonds. The van der Waals surface area contributed by atoms with Gasteiger partial charge in [-0.2, -0.15) is 0 Å². The van der Waals surface area contributed by atoms with E-state index in [1.807, 2.05) is 32.9 Å². The fraction of sp³-hybridized carbons (Fsp3) is 0.500. The summed E-state index contributed by atoms with van der Waals surface area (Å²) >= 11 is 0. The van der Waals surface area contributed by atoms with Gasteiger partial charge >= 0.3 is 5.97 Å². The molecule has 0 spiro atoms. The molecule has 1 unspecified atom stereocenters. The van der Waals surface area contributed by atoms with E-state index in [1.165, 1.54) is 0 Å². The van der Waals surface area contributed by atoms with Crippen molar-refractivity contribution in [2.24, 2.45) is 11.8 Å². The Hall–Kier alpha value is -1.38. The molecule has 0 aliphatic heterocycles. The minimum Gasteiger partial charge on any atom is -0.481 e. The van der Waals surface area contributed by atoms with E-state index in [0.717, 1.165) is 11.3 Å². The van der Waals surface area contributed by atoms with Crippen molar-refractivity contribution < 1.29 is 9.90 Å². The van der Waals surface area contributed by atoms with Crippen LogP contribution in [0, 0.1) is 18.8 Å². The number of carbonyl (C=O) groups is 1. The highest BCUT2D eigenvalue weighted by Crippen LogP contribution is 2.18. The number of carboxylic acid groups (broad SMARTS) is 1. The first-order valence-corrected chi connectivity index (χ1v) is 5.15. The van der Waals surface area contributed by atoms with Gasteiger partial charge in [-0.1, -0.05) is 19.9 Å². The lowest BCUT2D eigenvalue weighted by atomic mass is 9.90. The maximum Gasteiger partial charge on any atom is 0.307 e. The fourth-order valence-corrected chi connectivity index (χ4v) is 1.55. The third kappa shape index (κ3) is 3.05. The summed E-state index contributed by atoms with van der Waals surface area (Å²) in [4.78, 5) is 15.2. The van der Waals surface area contributed by atoms with E-state index in [-0.39, 0.29) is 11.8 Å². The maximum absolute atomic E-state index is 11.0. The van der Waals surface area contributed by atoms with Crippen LogP contribution in [0.4, 0.5) is 0 Å². The topological polar surface area (TPSA) is 50.2 Å². The summed E-state index contributed by atoms with van der Waals surface area (Å²) in [6, 6.07) is 3.82. The predicted molar refractivity (Wildman–Crippen MR) is 58.6 cm³/mol. The summed E-state index contributed by atoms with van der Waals surface area (Å²) < 4.78 is 0. The van der Waals surface area contributed by atoms with Crippen LogP contribution in [-0.2, 0) is 11.2 Å². The molecule has 3 heteroatoms. The Morgan fingerprint density at radius 2 is 2.20 bits per heavy atom. The summed E-state index contributed by atoms with van der Waals surface area (Å²) in [5.41, 5.74) is 1.95. The van der Waals surface area contributed by atoms with E-state index in [9.17, 15) is 4.79 Å². The van der Waals surface area contributed by atoms with Crippen LogP contribution in [0.5, 0.6) is 0 Å². The molecule has 15 heavy (non-hydrogen) atoms. The summed E-state index contributed by atoms with van der Waals surface area (Å²) in [5, 5.41) is 9.07. The molecule has 0 saturated carbocycles. The van der Waals surface area contributed by atoms with Gasteiger partial charge in [0.25, 0.3) is 0 Å². The Labute approximate surface area is 90.2 Å².